The SMILES string of the molecule is CC(C)(CC(=O)N1CCN(C(=O)c2c(F)cccc2F)CC1)c1ccccc1. The van der Waals surface area contributed by atoms with Gasteiger partial charge < -0.3 is 9.80 Å². The first kappa shape index (κ1) is 20.0. The molecule has 4 nitrogen and oxygen atoms in total. The van der Waals surface area contributed by atoms with E-state index in [4.69, 9.17) is 0 Å². The number of carbonyl (C=O) groups is 2. The molecule has 2 amide bonds. The number of carbonyl (C=O) groups excluding carboxylic acids is 2. The Morgan fingerprint density at radius 1 is 0.857 bits per heavy atom. The van der Waals surface area contributed by atoms with Crippen LogP contribution in [-0.2, 0) is 10.2 Å². The molecule has 3 rings (SSSR count). The molecule has 0 atom stereocenters. The lowest BCUT2D eigenvalue weighted by Gasteiger charge is -2.36. The lowest BCUT2D eigenvalue weighted by atomic mass is 9.81. The monoisotopic (exact) mass is 386 g/mol. The van der Waals surface area contributed by atoms with Crippen molar-refractivity contribution in [1.29, 1.82) is 0 Å². The molecular weight excluding hydrogens is 362 g/mol. The maximum atomic E-state index is 13.9. The zero-order valence-electron chi connectivity index (χ0n) is 16.1. The van der Waals surface area contributed by atoms with Gasteiger partial charge in [0.15, 0.2) is 0 Å². The van der Waals surface area contributed by atoms with Crippen LogP contribution in [-0.4, -0.2) is 47.8 Å². The number of nitrogens with zero attached hydrogens (tertiary/aromatic N) is 2. The highest BCUT2D eigenvalue weighted by atomic mass is 19.1. The predicted molar refractivity (Wildman–Crippen MR) is 103 cm³/mol. The number of hydrogen-bond acceptors (Lipinski definition) is 2. The van der Waals surface area contributed by atoms with Crippen molar-refractivity contribution in [2.75, 3.05) is 26.2 Å². The molecule has 1 aliphatic heterocycles. The van der Waals surface area contributed by atoms with Gasteiger partial charge in [-0.3, -0.25) is 9.59 Å². The molecule has 28 heavy (non-hydrogen) atoms. The maximum absolute atomic E-state index is 13.9. The Morgan fingerprint density at radius 2 is 1.39 bits per heavy atom. The summed E-state index contributed by atoms with van der Waals surface area (Å²) in [5.41, 5.74) is 0.251. The molecular formula is C22H24F2N2O2. The predicted octanol–water partition coefficient (Wildman–Crippen LogP) is 3.62. The number of hydrogen-bond donors (Lipinski definition) is 0. The van der Waals surface area contributed by atoms with Crippen LogP contribution in [0.4, 0.5) is 8.78 Å². The third-order valence-electron chi connectivity index (χ3n) is 5.24. The van der Waals surface area contributed by atoms with Crippen LogP contribution in [0.25, 0.3) is 0 Å². The maximum Gasteiger partial charge on any atom is 0.259 e. The summed E-state index contributed by atoms with van der Waals surface area (Å²) in [6.45, 7) is 5.27. The van der Waals surface area contributed by atoms with Crippen LogP contribution >= 0.6 is 0 Å². The van der Waals surface area contributed by atoms with Gasteiger partial charge in [0.2, 0.25) is 5.91 Å². The Hall–Kier alpha value is -2.76. The minimum atomic E-state index is -0.867. The third kappa shape index (κ3) is 4.21. The second-order valence-electron chi connectivity index (χ2n) is 7.70. The second kappa shape index (κ2) is 8.09. The molecule has 0 spiro atoms. The van der Waals surface area contributed by atoms with Gasteiger partial charge in [0.25, 0.3) is 5.91 Å². The van der Waals surface area contributed by atoms with Crippen molar-refractivity contribution in [3.05, 3.63) is 71.3 Å². The van der Waals surface area contributed by atoms with Crippen LogP contribution in [0.2, 0.25) is 0 Å². The summed E-state index contributed by atoms with van der Waals surface area (Å²) in [7, 11) is 0. The molecule has 0 aliphatic carbocycles. The van der Waals surface area contributed by atoms with Crippen LogP contribution in [0.15, 0.2) is 48.5 Å². The highest BCUT2D eigenvalue weighted by molar-refractivity contribution is 5.95. The Balaban J connectivity index is 1.61. The number of piperazine rings is 1. The average molecular weight is 386 g/mol. The van der Waals surface area contributed by atoms with E-state index in [1.807, 2.05) is 44.2 Å². The summed E-state index contributed by atoms with van der Waals surface area (Å²) < 4.78 is 27.7. The van der Waals surface area contributed by atoms with Gasteiger partial charge in [-0.2, -0.15) is 0 Å². The fourth-order valence-corrected chi connectivity index (χ4v) is 3.50. The first-order valence-electron chi connectivity index (χ1n) is 9.36. The molecule has 1 saturated heterocycles. The van der Waals surface area contributed by atoms with E-state index in [0.29, 0.717) is 19.5 Å². The normalized spacial score (nSPS) is 14.9. The molecule has 148 valence electrons. The summed E-state index contributed by atoms with van der Waals surface area (Å²) in [5, 5.41) is 0. The number of rotatable bonds is 4. The number of benzene rings is 2. The summed E-state index contributed by atoms with van der Waals surface area (Å²) in [4.78, 5) is 28.3. The molecule has 1 heterocycles. The first-order valence-corrected chi connectivity index (χ1v) is 9.36. The van der Waals surface area contributed by atoms with Gasteiger partial charge in [0, 0.05) is 32.6 Å². The van der Waals surface area contributed by atoms with Crippen molar-refractivity contribution in [3.8, 4) is 0 Å². The van der Waals surface area contributed by atoms with Gasteiger partial charge in [-0.1, -0.05) is 50.2 Å². The Labute approximate surface area is 163 Å². The minimum absolute atomic E-state index is 0.0121. The van der Waals surface area contributed by atoms with Crippen molar-refractivity contribution >= 4 is 11.8 Å². The molecule has 0 aromatic heterocycles. The van der Waals surface area contributed by atoms with Gasteiger partial charge >= 0.3 is 0 Å². The van der Waals surface area contributed by atoms with Crippen LogP contribution in [0, 0.1) is 11.6 Å². The highest BCUT2D eigenvalue weighted by Gasteiger charge is 2.31. The minimum Gasteiger partial charge on any atom is -0.339 e. The summed E-state index contributed by atoms with van der Waals surface area (Å²) >= 11 is 0. The molecule has 2 aromatic carbocycles. The fraction of sp³-hybridized carbons (Fsp3) is 0.364. The molecule has 0 N–H and O–H groups in total. The largest absolute Gasteiger partial charge is 0.339 e. The van der Waals surface area contributed by atoms with E-state index in [1.165, 1.54) is 11.0 Å². The van der Waals surface area contributed by atoms with Crippen LogP contribution in [0.5, 0.6) is 0 Å². The lowest BCUT2D eigenvalue weighted by molar-refractivity contribution is -0.133. The summed E-state index contributed by atoms with van der Waals surface area (Å²) in [5.74, 6) is -2.40. The van der Waals surface area contributed by atoms with E-state index in [-0.39, 0.29) is 24.4 Å². The van der Waals surface area contributed by atoms with Crippen LogP contribution < -0.4 is 0 Å². The zero-order valence-corrected chi connectivity index (χ0v) is 16.1. The van der Waals surface area contributed by atoms with E-state index in [1.54, 1.807) is 4.90 Å². The van der Waals surface area contributed by atoms with E-state index < -0.39 is 23.1 Å². The topological polar surface area (TPSA) is 40.6 Å². The first-order chi connectivity index (χ1) is 13.3. The van der Waals surface area contributed by atoms with Gasteiger partial charge in [-0.25, -0.2) is 8.78 Å². The zero-order chi connectivity index (χ0) is 20.3. The average Bonchev–Trinajstić information content (AvgIpc) is 2.68. The number of amides is 2. The van der Waals surface area contributed by atoms with E-state index in [2.05, 4.69) is 0 Å². The second-order valence-corrected chi connectivity index (χ2v) is 7.70. The highest BCUT2D eigenvalue weighted by Crippen LogP contribution is 2.28. The van der Waals surface area contributed by atoms with Crippen molar-refractivity contribution in [3.63, 3.8) is 0 Å². The molecule has 0 radical (unpaired) electrons. The molecule has 1 aliphatic rings. The fourth-order valence-electron chi connectivity index (χ4n) is 3.50. The molecule has 0 unspecified atom stereocenters. The molecule has 0 bridgehead atoms. The van der Waals surface area contributed by atoms with Crippen molar-refractivity contribution in [2.24, 2.45) is 0 Å². The van der Waals surface area contributed by atoms with Gasteiger partial charge in [0.05, 0.1) is 0 Å². The Kier molecular flexibility index (Phi) is 5.77. The molecule has 0 saturated carbocycles. The molecule has 6 heteroatoms. The van der Waals surface area contributed by atoms with Gasteiger partial charge in [-0.05, 0) is 23.1 Å². The molecule has 2 aromatic rings. The quantitative estimate of drug-likeness (QED) is 0.805. The van der Waals surface area contributed by atoms with Crippen molar-refractivity contribution < 1.29 is 18.4 Å². The Morgan fingerprint density at radius 3 is 1.96 bits per heavy atom. The standard InChI is InChI=1S/C22H24F2N2O2/c1-22(2,16-7-4-3-5-8-16)15-19(27)25-11-13-26(14-12-25)21(28)20-17(23)9-6-10-18(20)24/h3-10H,11-15H2,1-2H3. The van der Waals surface area contributed by atoms with Crippen LogP contribution in [0.3, 0.4) is 0 Å². The smallest absolute Gasteiger partial charge is 0.259 e. The van der Waals surface area contributed by atoms with E-state index in [0.717, 1.165) is 17.7 Å². The number of halogens is 2. The summed E-state index contributed by atoms with van der Waals surface area (Å²) in [6, 6.07) is 13.2. The van der Waals surface area contributed by atoms with Crippen molar-refractivity contribution in [1.82, 2.24) is 9.80 Å². The van der Waals surface area contributed by atoms with Crippen LogP contribution in [0.1, 0.15) is 36.2 Å². The van der Waals surface area contributed by atoms with Gasteiger partial charge in [-0.15, -0.1) is 0 Å². The third-order valence-corrected chi connectivity index (χ3v) is 5.24. The van der Waals surface area contributed by atoms with E-state index >= 15 is 0 Å². The molecule has 1 fully saturated rings. The summed E-state index contributed by atoms with van der Waals surface area (Å²) in [6.07, 6.45) is 0.354. The van der Waals surface area contributed by atoms with E-state index in [9.17, 15) is 18.4 Å². The van der Waals surface area contributed by atoms with Crippen molar-refractivity contribution in [2.45, 2.75) is 25.7 Å². The van der Waals surface area contributed by atoms with Gasteiger partial charge in [0.1, 0.15) is 17.2 Å². The lowest BCUT2D eigenvalue weighted by Crippen LogP contribution is -2.51. The Bertz CT molecular complexity index is 840.